The Bertz CT molecular complexity index is 995. The lowest BCUT2D eigenvalue weighted by molar-refractivity contribution is 1.29. The Kier molecular flexibility index (Phi) is 3.52. The van der Waals surface area contributed by atoms with Crippen LogP contribution in [0.25, 0.3) is 33.4 Å². The molecule has 2 nitrogen and oxygen atoms in total. The van der Waals surface area contributed by atoms with Crippen molar-refractivity contribution in [3.05, 3.63) is 84.0 Å². The third-order valence-corrected chi connectivity index (χ3v) is 4.14. The van der Waals surface area contributed by atoms with Crippen LogP contribution in [-0.2, 0) is 0 Å². The summed E-state index contributed by atoms with van der Waals surface area (Å²) in [5.41, 5.74) is 4.82. The molecule has 23 heavy (non-hydrogen) atoms. The summed E-state index contributed by atoms with van der Waals surface area (Å²) < 4.78 is 0. The van der Waals surface area contributed by atoms with Crippen LogP contribution in [0.15, 0.2) is 79.0 Å². The van der Waals surface area contributed by atoms with E-state index in [0.717, 1.165) is 38.4 Å². The van der Waals surface area contributed by atoms with E-state index in [4.69, 9.17) is 11.6 Å². The topological polar surface area (TPSA) is 25.8 Å². The number of aromatic nitrogens is 2. The number of hydrogen-bond donors (Lipinski definition) is 0. The third kappa shape index (κ3) is 2.69. The van der Waals surface area contributed by atoms with Gasteiger partial charge in [-0.2, -0.15) is 0 Å². The fourth-order valence-corrected chi connectivity index (χ4v) is 2.90. The number of benzene rings is 2. The van der Waals surface area contributed by atoms with E-state index >= 15 is 0 Å². The van der Waals surface area contributed by atoms with E-state index in [2.05, 4.69) is 28.2 Å². The van der Waals surface area contributed by atoms with Crippen molar-refractivity contribution in [3.63, 3.8) is 0 Å². The number of halogens is 1. The highest BCUT2D eigenvalue weighted by atomic mass is 35.5. The van der Waals surface area contributed by atoms with Crippen molar-refractivity contribution in [2.75, 3.05) is 0 Å². The zero-order valence-corrected chi connectivity index (χ0v) is 13.0. The Balaban J connectivity index is 1.83. The van der Waals surface area contributed by atoms with Crippen LogP contribution in [-0.4, -0.2) is 9.97 Å². The molecule has 110 valence electrons. The van der Waals surface area contributed by atoms with Crippen LogP contribution in [0.4, 0.5) is 0 Å². The van der Waals surface area contributed by atoms with Crippen LogP contribution in [0.1, 0.15) is 0 Å². The normalized spacial score (nSPS) is 10.8. The van der Waals surface area contributed by atoms with E-state index in [9.17, 15) is 0 Å². The summed E-state index contributed by atoms with van der Waals surface area (Å²) in [4.78, 5) is 8.99. The van der Waals surface area contributed by atoms with Crippen molar-refractivity contribution >= 4 is 22.6 Å². The molecule has 0 aliphatic rings. The molecule has 0 fully saturated rings. The minimum atomic E-state index is 0.748. The summed E-state index contributed by atoms with van der Waals surface area (Å²) in [6.07, 6.45) is 1.76. The van der Waals surface area contributed by atoms with E-state index in [1.165, 1.54) is 0 Å². The molecule has 0 saturated heterocycles. The van der Waals surface area contributed by atoms with Gasteiger partial charge in [0.15, 0.2) is 5.65 Å². The van der Waals surface area contributed by atoms with Gasteiger partial charge in [-0.15, -0.1) is 0 Å². The van der Waals surface area contributed by atoms with Crippen molar-refractivity contribution in [2.24, 2.45) is 0 Å². The zero-order valence-electron chi connectivity index (χ0n) is 12.3. The zero-order chi connectivity index (χ0) is 15.6. The van der Waals surface area contributed by atoms with E-state index < -0.39 is 0 Å². The molecule has 3 heteroatoms. The Labute approximate surface area is 139 Å². The van der Waals surface area contributed by atoms with Gasteiger partial charge in [-0.1, -0.05) is 48.0 Å². The van der Waals surface area contributed by atoms with Crippen molar-refractivity contribution < 1.29 is 0 Å². The maximum atomic E-state index is 6.31. The Hall–Kier alpha value is -2.71. The van der Waals surface area contributed by atoms with Crippen LogP contribution < -0.4 is 0 Å². The van der Waals surface area contributed by atoms with Crippen molar-refractivity contribution in [2.45, 2.75) is 0 Å². The predicted octanol–water partition coefficient (Wildman–Crippen LogP) is 5.62. The molecule has 4 aromatic rings. The van der Waals surface area contributed by atoms with Crippen LogP contribution in [0.5, 0.6) is 0 Å². The second-order valence-corrected chi connectivity index (χ2v) is 5.71. The summed E-state index contributed by atoms with van der Waals surface area (Å²) in [6.45, 7) is 0. The average Bonchev–Trinajstić information content (AvgIpc) is 2.62. The minimum Gasteiger partial charge on any atom is -0.237 e. The predicted molar refractivity (Wildman–Crippen MR) is 95.4 cm³/mol. The van der Waals surface area contributed by atoms with Gasteiger partial charge in [0.1, 0.15) is 0 Å². The van der Waals surface area contributed by atoms with Crippen molar-refractivity contribution in [1.29, 1.82) is 0 Å². The molecule has 0 radical (unpaired) electrons. The van der Waals surface area contributed by atoms with E-state index in [1.807, 2.05) is 54.6 Å². The Morgan fingerprint density at radius 2 is 1.61 bits per heavy atom. The van der Waals surface area contributed by atoms with Crippen LogP contribution in [0.3, 0.4) is 0 Å². The number of rotatable bonds is 2. The standard InChI is InChI=1S/C20H13ClN2/c21-18-9-2-1-8-17(18)15-5-3-6-16(13-15)19-11-10-14-7-4-12-22-20(14)23-19/h1-13H. The summed E-state index contributed by atoms with van der Waals surface area (Å²) in [5, 5.41) is 1.79. The first kappa shape index (κ1) is 13.9. The number of fused-ring (bicyclic) bond motifs is 1. The second-order valence-electron chi connectivity index (χ2n) is 5.31. The quantitative estimate of drug-likeness (QED) is 0.480. The summed E-state index contributed by atoms with van der Waals surface area (Å²) in [5.74, 6) is 0. The van der Waals surface area contributed by atoms with E-state index in [1.54, 1.807) is 6.20 Å². The van der Waals surface area contributed by atoms with Gasteiger partial charge in [0.05, 0.1) is 5.69 Å². The first-order chi connectivity index (χ1) is 11.3. The maximum Gasteiger partial charge on any atom is 0.159 e. The first-order valence-corrected chi connectivity index (χ1v) is 7.76. The lowest BCUT2D eigenvalue weighted by atomic mass is 10.0. The van der Waals surface area contributed by atoms with Crippen LogP contribution >= 0.6 is 11.6 Å². The highest BCUT2D eigenvalue weighted by molar-refractivity contribution is 6.33. The number of pyridine rings is 2. The fourth-order valence-electron chi connectivity index (χ4n) is 2.66. The third-order valence-electron chi connectivity index (χ3n) is 3.81. The van der Waals surface area contributed by atoms with Gasteiger partial charge in [-0.3, -0.25) is 0 Å². The molecular formula is C20H13ClN2. The first-order valence-electron chi connectivity index (χ1n) is 7.38. The molecule has 0 unspecified atom stereocenters. The summed E-state index contributed by atoms with van der Waals surface area (Å²) in [7, 11) is 0. The van der Waals surface area contributed by atoms with Gasteiger partial charge < -0.3 is 0 Å². The Morgan fingerprint density at radius 3 is 2.52 bits per heavy atom. The van der Waals surface area contributed by atoms with Crippen molar-refractivity contribution in [3.8, 4) is 22.4 Å². The van der Waals surface area contributed by atoms with Gasteiger partial charge in [0.25, 0.3) is 0 Å². The van der Waals surface area contributed by atoms with Crippen LogP contribution in [0, 0.1) is 0 Å². The molecule has 4 rings (SSSR count). The number of nitrogens with zero attached hydrogens (tertiary/aromatic N) is 2. The fraction of sp³-hybridized carbons (Fsp3) is 0. The molecule has 2 heterocycles. The highest BCUT2D eigenvalue weighted by Crippen LogP contribution is 2.30. The lowest BCUT2D eigenvalue weighted by Gasteiger charge is -2.07. The second kappa shape index (κ2) is 5.82. The highest BCUT2D eigenvalue weighted by Gasteiger charge is 2.06. The van der Waals surface area contributed by atoms with E-state index in [-0.39, 0.29) is 0 Å². The summed E-state index contributed by atoms with van der Waals surface area (Å²) >= 11 is 6.31. The van der Waals surface area contributed by atoms with Crippen molar-refractivity contribution in [1.82, 2.24) is 9.97 Å². The van der Waals surface area contributed by atoms with Gasteiger partial charge in [0, 0.05) is 27.7 Å². The number of hydrogen-bond acceptors (Lipinski definition) is 2. The molecule has 2 aromatic heterocycles. The SMILES string of the molecule is Clc1ccccc1-c1cccc(-c2ccc3cccnc3n2)c1. The molecule has 0 atom stereocenters. The minimum absolute atomic E-state index is 0.748. The average molecular weight is 317 g/mol. The van der Waals surface area contributed by atoms with Crippen LogP contribution in [0.2, 0.25) is 5.02 Å². The largest absolute Gasteiger partial charge is 0.237 e. The molecule has 0 amide bonds. The molecule has 0 aliphatic carbocycles. The smallest absolute Gasteiger partial charge is 0.159 e. The maximum absolute atomic E-state index is 6.31. The molecule has 0 aliphatic heterocycles. The van der Waals surface area contributed by atoms with Gasteiger partial charge in [-0.25, -0.2) is 9.97 Å². The monoisotopic (exact) mass is 316 g/mol. The lowest BCUT2D eigenvalue weighted by Crippen LogP contribution is -1.88. The molecule has 0 saturated carbocycles. The Morgan fingerprint density at radius 1 is 0.739 bits per heavy atom. The van der Waals surface area contributed by atoms with Gasteiger partial charge in [0.2, 0.25) is 0 Å². The molecule has 0 N–H and O–H groups in total. The molecule has 0 bridgehead atoms. The molecular weight excluding hydrogens is 304 g/mol. The van der Waals surface area contributed by atoms with E-state index in [0.29, 0.717) is 0 Å². The van der Waals surface area contributed by atoms with Gasteiger partial charge >= 0.3 is 0 Å². The molecule has 2 aromatic carbocycles. The molecule has 0 spiro atoms. The van der Waals surface area contributed by atoms with Gasteiger partial charge in [-0.05, 0) is 42.0 Å². The summed E-state index contributed by atoms with van der Waals surface area (Å²) in [6, 6.07) is 24.1.